The molecule has 0 aliphatic carbocycles. The summed E-state index contributed by atoms with van der Waals surface area (Å²) in [5, 5.41) is 16.2. The minimum atomic E-state index is -1.02. The summed E-state index contributed by atoms with van der Waals surface area (Å²) in [4.78, 5) is 13.1. The van der Waals surface area contributed by atoms with E-state index in [9.17, 15) is 4.79 Å². The largest absolute Gasteiger partial charge is 0.476 e. The Hall–Kier alpha value is -1.43. The third kappa shape index (κ3) is 2.82. The number of likely N-dealkylation sites (tertiary alicyclic amines) is 1. The molecule has 17 heavy (non-hydrogen) atoms. The predicted molar refractivity (Wildman–Crippen MR) is 61.9 cm³/mol. The first-order valence-electron chi connectivity index (χ1n) is 6.08. The highest BCUT2D eigenvalue weighted by atomic mass is 16.4. The Morgan fingerprint density at radius 3 is 3.12 bits per heavy atom. The van der Waals surface area contributed by atoms with Gasteiger partial charge in [-0.2, -0.15) is 0 Å². The summed E-state index contributed by atoms with van der Waals surface area (Å²) in [6.45, 7) is 5.15. The Balaban J connectivity index is 1.97. The van der Waals surface area contributed by atoms with Crippen molar-refractivity contribution in [3.63, 3.8) is 0 Å². The Bertz CT molecular complexity index is 391. The van der Waals surface area contributed by atoms with Crippen molar-refractivity contribution in [2.75, 3.05) is 13.1 Å². The van der Waals surface area contributed by atoms with Crippen LogP contribution in [0.4, 0.5) is 0 Å². The van der Waals surface area contributed by atoms with Gasteiger partial charge in [-0.05, 0) is 32.4 Å². The molecular weight excluding hydrogens is 220 g/mol. The summed E-state index contributed by atoms with van der Waals surface area (Å²) in [7, 11) is 0. The summed E-state index contributed by atoms with van der Waals surface area (Å²) >= 11 is 0. The molecule has 0 radical (unpaired) electrons. The van der Waals surface area contributed by atoms with E-state index in [1.165, 1.54) is 12.6 Å². The number of hydrogen-bond acceptors (Lipinski definition) is 4. The molecule has 2 rings (SSSR count). The van der Waals surface area contributed by atoms with E-state index in [0.717, 1.165) is 32.5 Å². The Morgan fingerprint density at radius 2 is 2.47 bits per heavy atom. The minimum Gasteiger partial charge on any atom is -0.476 e. The van der Waals surface area contributed by atoms with Crippen molar-refractivity contribution >= 4 is 5.97 Å². The maximum atomic E-state index is 10.7. The maximum absolute atomic E-state index is 10.7. The van der Waals surface area contributed by atoms with Crippen LogP contribution in [-0.4, -0.2) is 50.1 Å². The normalized spacial score (nSPS) is 20.9. The van der Waals surface area contributed by atoms with Crippen LogP contribution in [0.3, 0.4) is 0 Å². The van der Waals surface area contributed by atoms with Gasteiger partial charge in [0.05, 0.1) is 12.7 Å². The van der Waals surface area contributed by atoms with E-state index in [1.54, 1.807) is 4.68 Å². The van der Waals surface area contributed by atoms with Gasteiger partial charge in [-0.1, -0.05) is 12.1 Å². The van der Waals surface area contributed by atoms with Gasteiger partial charge in [-0.15, -0.1) is 5.10 Å². The van der Waals surface area contributed by atoms with Gasteiger partial charge in [0, 0.05) is 6.04 Å². The average molecular weight is 238 g/mol. The van der Waals surface area contributed by atoms with Crippen molar-refractivity contribution in [2.45, 2.75) is 38.8 Å². The van der Waals surface area contributed by atoms with Crippen LogP contribution < -0.4 is 0 Å². The molecule has 0 amide bonds. The molecule has 1 aliphatic heterocycles. The third-order valence-electron chi connectivity index (χ3n) is 3.17. The number of carbonyl (C=O) groups is 1. The van der Waals surface area contributed by atoms with Crippen molar-refractivity contribution < 1.29 is 9.90 Å². The number of rotatable bonds is 5. The lowest BCUT2D eigenvalue weighted by atomic mass is 10.2. The van der Waals surface area contributed by atoms with E-state index in [1.807, 2.05) is 0 Å². The summed E-state index contributed by atoms with van der Waals surface area (Å²) in [5.41, 5.74) is 0.0186. The number of aromatic nitrogens is 3. The van der Waals surface area contributed by atoms with E-state index in [0.29, 0.717) is 6.04 Å². The second-order valence-corrected chi connectivity index (χ2v) is 4.46. The summed E-state index contributed by atoms with van der Waals surface area (Å²) in [5.74, 6) is -1.02. The lowest BCUT2D eigenvalue weighted by Gasteiger charge is -2.23. The van der Waals surface area contributed by atoms with Gasteiger partial charge in [0.2, 0.25) is 0 Å². The van der Waals surface area contributed by atoms with Crippen LogP contribution in [0.5, 0.6) is 0 Å². The monoisotopic (exact) mass is 238 g/mol. The summed E-state index contributed by atoms with van der Waals surface area (Å²) in [6, 6.07) is 0.471. The van der Waals surface area contributed by atoms with Crippen molar-refractivity contribution in [1.29, 1.82) is 0 Å². The molecule has 94 valence electrons. The van der Waals surface area contributed by atoms with Gasteiger partial charge in [0.15, 0.2) is 5.69 Å². The number of carboxylic acid groups (broad SMARTS) is 1. The minimum absolute atomic E-state index is 0.0186. The molecule has 0 aromatic carbocycles. The van der Waals surface area contributed by atoms with Gasteiger partial charge < -0.3 is 5.11 Å². The third-order valence-corrected chi connectivity index (χ3v) is 3.17. The van der Waals surface area contributed by atoms with Gasteiger partial charge in [-0.3, -0.25) is 9.58 Å². The SMILES string of the molecule is CCCN1CCC[C@H]1Cn1cc(C(=O)O)nn1. The van der Waals surface area contributed by atoms with Crippen LogP contribution in [0.15, 0.2) is 6.20 Å². The van der Waals surface area contributed by atoms with E-state index in [-0.39, 0.29) is 5.69 Å². The summed E-state index contributed by atoms with van der Waals surface area (Å²) < 4.78 is 1.64. The van der Waals surface area contributed by atoms with Gasteiger partial charge in [0.25, 0.3) is 0 Å². The van der Waals surface area contributed by atoms with Crippen LogP contribution in [-0.2, 0) is 6.54 Å². The molecule has 1 N–H and O–H groups in total. The predicted octanol–water partition coefficient (Wildman–Crippen LogP) is 0.851. The second kappa shape index (κ2) is 5.27. The van der Waals surface area contributed by atoms with Crippen LogP contribution in [0.2, 0.25) is 0 Å². The molecule has 6 nitrogen and oxygen atoms in total. The first-order valence-corrected chi connectivity index (χ1v) is 6.08. The highest BCUT2D eigenvalue weighted by Gasteiger charge is 2.24. The molecule has 0 unspecified atom stereocenters. The van der Waals surface area contributed by atoms with Crippen LogP contribution in [0.1, 0.15) is 36.7 Å². The maximum Gasteiger partial charge on any atom is 0.358 e. The van der Waals surface area contributed by atoms with Gasteiger partial charge >= 0.3 is 5.97 Å². The zero-order chi connectivity index (χ0) is 12.3. The molecule has 1 atom stereocenters. The van der Waals surface area contributed by atoms with Crippen molar-refractivity contribution in [3.05, 3.63) is 11.9 Å². The molecule has 1 fully saturated rings. The molecule has 1 aromatic rings. The standard InChI is InChI=1S/C11H18N4O2/c1-2-5-14-6-3-4-9(14)7-15-8-10(11(16)17)12-13-15/h8-9H,2-7H2,1H3,(H,16,17)/t9-/m0/s1. The Kier molecular flexibility index (Phi) is 3.73. The molecule has 6 heteroatoms. The van der Waals surface area contributed by atoms with Gasteiger partial charge in [0.1, 0.15) is 0 Å². The molecular formula is C11H18N4O2. The fourth-order valence-corrected chi connectivity index (χ4v) is 2.39. The summed E-state index contributed by atoms with van der Waals surface area (Å²) in [6.07, 6.45) is 5.02. The zero-order valence-corrected chi connectivity index (χ0v) is 10.0. The molecule has 0 bridgehead atoms. The smallest absolute Gasteiger partial charge is 0.358 e. The molecule has 2 heterocycles. The zero-order valence-electron chi connectivity index (χ0n) is 10.0. The first kappa shape index (κ1) is 12.0. The fraction of sp³-hybridized carbons (Fsp3) is 0.727. The number of hydrogen-bond donors (Lipinski definition) is 1. The van der Waals surface area contributed by atoms with E-state index < -0.39 is 5.97 Å². The molecule has 0 spiro atoms. The number of nitrogens with zero attached hydrogens (tertiary/aromatic N) is 4. The quantitative estimate of drug-likeness (QED) is 0.823. The van der Waals surface area contributed by atoms with Crippen molar-refractivity contribution in [1.82, 2.24) is 19.9 Å². The highest BCUT2D eigenvalue weighted by Crippen LogP contribution is 2.18. The van der Waals surface area contributed by atoms with E-state index in [4.69, 9.17) is 5.11 Å². The average Bonchev–Trinajstić information content (AvgIpc) is 2.90. The molecule has 1 aromatic heterocycles. The lowest BCUT2D eigenvalue weighted by Crippen LogP contribution is -2.33. The number of carboxylic acids is 1. The van der Waals surface area contributed by atoms with Crippen molar-refractivity contribution in [2.24, 2.45) is 0 Å². The Morgan fingerprint density at radius 1 is 1.65 bits per heavy atom. The van der Waals surface area contributed by atoms with E-state index in [2.05, 4.69) is 22.1 Å². The highest BCUT2D eigenvalue weighted by molar-refractivity contribution is 5.84. The van der Waals surface area contributed by atoms with E-state index >= 15 is 0 Å². The number of aromatic carboxylic acids is 1. The lowest BCUT2D eigenvalue weighted by molar-refractivity contribution is 0.0690. The van der Waals surface area contributed by atoms with Gasteiger partial charge in [-0.25, -0.2) is 4.79 Å². The van der Waals surface area contributed by atoms with Crippen molar-refractivity contribution in [3.8, 4) is 0 Å². The molecule has 1 saturated heterocycles. The topological polar surface area (TPSA) is 71.2 Å². The Labute approximate surface area is 100 Å². The molecule has 0 saturated carbocycles. The van der Waals surface area contributed by atoms with Crippen LogP contribution in [0, 0.1) is 0 Å². The van der Waals surface area contributed by atoms with Crippen LogP contribution >= 0.6 is 0 Å². The first-order chi connectivity index (χ1) is 8.20. The molecule has 1 aliphatic rings. The van der Waals surface area contributed by atoms with Crippen LogP contribution in [0.25, 0.3) is 0 Å². The fourth-order valence-electron chi connectivity index (χ4n) is 2.39. The second-order valence-electron chi connectivity index (χ2n) is 4.46.